The first-order valence-electron chi connectivity index (χ1n) is 12.1. The van der Waals surface area contributed by atoms with Gasteiger partial charge in [-0.05, 0) is 62.9 Å². The minimum Gasteiger partial charge on any atom is -0.0671 e. The van der Waals surface area contributed by atoms with Gasteiger partial charge in [0, 0.05) is 5.92 Å². The number of fused-ring (bicyclic) bond motifs is 4. The van der Waals surface area contributed by atoms with Crippen LogP contribution in [0.25, 0.3) is 28.3 Å². The second kappa shape index (κ2) is 8.00. The fraction of sp³-hybridized carbons (Fsp3) is 0.188. The van der Waals surface area contributed by atoms with Gasteiger partial charge in [-0.2, -0.15) is 0 Å². The van der Waals surface area contributed by atoms with E-state index in [0.717, 1.165) is 12.8 Å². The van der Waals surface area contributed by atoms with E-state index in [-0.39, 0.29) is 0 Å². The zero-order valence-electron chi connectivity index (χ0n) is 19.7. The molecule has 0 heterocycles. The summed E-state index contributed by atoms with van der Waals surface area (Å²) in [5, 5.41) is 1.61. The molecule has 0 saturated carbocycles. The van der Waals surface area contributed by atoms with Crippen molar-refractivity contribution in [3.05, 3.63) is 118 Å². The highest BCUT2D eigenvalue weighted by atomic mass is 28.3. The first kappa shape index (κ1) is 20.4. The summed E-state index contributed by atoms with van der Waals surface area (Å²) in [4.78, 5) is 0. The molecule has 1 atom stereocenters. The summed E-state index contributed by atoms with van der Waals surface area (Å²) >= 11 is 0. The number of hydrogen-bond acceptors (Lipinski definition) is 0. The van der Waals surface area contributed by atoms with Crippen molar-refractivity contribution in [1.29, 1.82) is 0 Å². The first-order valence-corrected chi connectivity index (χ1v) is 14.6. The van der Waals surface area contributed by atoms with E-state index in [0.29, 0.717) is 5.92 Å². The second-order valence-corrected chi connectivity index (χ2v) is 12.1. The first-order chi connectivity index (χ1) is 16.2. The third kappa shape index (κ3) is 3.18. The molecule has 0 aliphatic heterocycles. The number of benzene rings is 4. The molecule has 0 nitrogen and oxygen atoms in total. The van der Waals surface area contributed by atoms with E-state index in [9.17, 15) is 0 Å². The molecule has 4 aromatic rings. The molecule has 2 aliphatic carbocycles. The molecule has 1 unspecified atom stereocenters. The molecule has 1 heteroatoms. The standard InChI is InChI=1S/C32H29Si/c1-4-21-19-28-24(22-11-6-5-7-12-22)15-10-16-27(28)31(21)32-29-20-23-13-8-9-14-25(23)26(29)17-18-30(32)33(2)3/h5-19,31H,4,20H2,1-3H3. The van der Waals surface area contributed by atoms with Gasteiger partial charge in [0.1, 0.15) is 0 Å². The maximum absolute atomic E-state index is 2.51. The molecular weight excluding hydrogens is 412 g/mol. The lowest BCUT2D eigenvalue weighted by atomic mass is 9.82. The van der Waals surface area contributed by atoms with E-state index < -0.39 is 8.80 Å². The van der Waals surface area contributed by atoms with Crippen LogP contribution in [0.3, 0.4) is 0 Å². The van der Waals surface area contributed by atoms with Gasteiger partial charge in [-0.1, -0.05) is 122 Å². The summed E-state index contributed by atoms with van der Waals surface area (Å²) in [6.45, 7) is 7.22. The Balaban J connectivity index is 1.60. The number of hydrogen-bond donors (Lipinski definition) is 0. The van der Waals surface area contributed by atoms with E-state index in [1.54, 1.807) is 21.9 Å². The molecular formula is C32H29Si. The Bertz CT molecular complexity index is 1390. The van der Waals surface area contributed by atoms with Crippen LogP contribution in [0, 0.1) is 0 Å². The van der Waals surface area contributed by atoms with Crippen molar-refractivity contribution in [3.8, 4) is 22.3 Å². The van der Waals surface area contributed by atoms with Gasteiger partial charge in [-0.15, -0.1) is 0 Å². The van der Waals surface area contributed by atoms with Gasteiger partial charge in [0.15, 0.2) is 0 Å². The largest absolute Gasteiger partial charge is 0.0795 e. The molecule has 33 heavy (non-hydrogen) atoms. The van der Waals surface area contributed by atoms with E-state index >= 15 is 0 Å². The Hall–Kier alpha value is -3.16. The normalized spacial score (nSPS) is 15.9. The van der Waals surface area contributed by atoms with Crippen molar-refractivity contribution in [2.75, 3.05) is 0 Å². The third-order valence-corrected chi connectivity index (χ3v) is 9.02. The maximum atomic E-state index is 2.51. The Morgan fingerprint density at radius 3 is 2.30 bits per heavy atom. The van der Waals surface area contributed by atoms with Crippen LogP contribution < -0.4 is 5.19 Å². The molecule has 6 rings (SSSR count). The highest BCUT2D eigenvalue weighted by Crippen LogP contribution is 2.49. The Labute approximate surface area is 199 Å². The molecule has 0 bridgehead atoms. The van der Waals surface area contributed by atoms with Crippen molar-refractivity contribution in [2.45, 2.75) is 38.8 Å². The molecule has 161 valence electrons. The van der Waals surface area contributed by atoms with E-state index in [2.05, 4.69) is 111 Å². The summed E-state index contributed by atoms with van der Waals surface area (Å²) < 4.78 is 0. The molecule has 0 saturated heterocycles. The average Bonchev–Trinajstić information content (AvgIpc) is 3.42. The summed E-state index contributed by atoms with van der Waals surface area (Å²) in [7, 11) is -0.608. The third-order valence-electron chi connectivity index (χ3n) is 7.50. The molecule has 2 aliphatic rings. The van der Waals surface area contributed by atoms with Crippen molar-refractivity contribution < 1.29 is 0 Å². The smallest absolute Gasteiger partial charge is 0.0671 e. The SMILES string of the molecule is CCC1=Cc2c(-c3ccccc3)cccc2C1c1c([Si](C)C)ccc2c1Cc1ccccc1-2. The van der Waals surface area contributed by atoms with Crippen LogP contribution in [-0.4, -0.2) is 8.80 Å². The van der Waals surface area contributed by atoms with Crippen LogP contribution in [0.15, 0.2) is 90.5 Å². The van der Waals surface area contributed by atoms with Crippen molar-refractivity contribution in [1.82, 2.24) is 0 Å². The van der Waals surface area contributed by atoms with Gasteiger partial charge in [0.25, 0.3) is 0 Å². The van der Waals surface area contributed by atoms with Crippen molar-refractivity contribution in [3.63, 3.8) is 0 Å². The molecule has 0 fully saturated rings. The predicted molar refractivity (Wildman–Crippen MR) is 144 cm³/mol. The Kier molecular flexibility index (Phi) is 4.96. The molecule has 0 N–H and O–H groups in total. The van der Waals surface area contributed by atoms with Gasteiger partial charge in [0.05, 0.1) is 8.80 Å². The fourth-order valence-electron chi connectivity index (χ4n) is 5.98. The zero-order chi connectivity index (χ0) is 22.5. The molecule has 0 aromatic heterocycles. The van der Waals surface area contributed by atoms with Crippen molar-refractivity contribution in [2.24, 2.45) is 0 Å². The van der Waals surface area contributed by atoms with Crippen LogP contribution in [-0.2, 0) is 6.42 Å². The quantitative estimate of drug-likeness (QED) is 0.249. The van der Waals surface area contributed by atoms with Gasteiger partial charge in [-0.25, -0.2) is 0 Å². The van der Waals surface area contributed by atoms with Crippen LogP contribution in [0.2, 0.25) is 13.1 Å². The van der Waals surface area contributed by atoms with E-state index in [4.69, 9.17) is 0 Å². The topological polar surface area (TPSA) is 0 Å². The Morgan fingerprint density at radius 2 is 1.52 bits per heavy atom. The average molecular weight is 442 g/mol. The summed E-state index contributed by atoms with van der Waals surface area (Å²) in [6, 6.07) is 31.7. The zero-order valence-corrected chi connectivity index (χ0v) is 20.7. The highest BCUT2D eigenvalue weighted by molar-refractivity contribution is 6.71. The Morgan fingerprint density at radius 1 is 0.758 bits per heavy atom. The van der Waals surface area contributed by atoms with E-state index in [1.807, 2.05) is 0 Å². The molecule has 0 spiro atoms. The highest BCUT2D eigenvalue weighted by Gasteiger charge is 2.34. The summed E-state index contributed by atoms with van der Waals surface area (Å²) in [5.41, 5.74) is 14.7. The number of allylic oxidation sites excluding steroid dienone is 1. The van der Waals surface area contributed by atoms with Crippen molar-refractivity contribution >= 4 is 20.1 Å². The van der Waals surface area contributed by atoms with Gasteiger partial charge < -0.3 is 0 Å². The lowest BCUT2D eigenvalue weighted by Gasteiger charge is -2.25. The molecule has 1 radical (unpaired) electrons. The summed E-state index contributed by atoms with van der Waals surface area (Å²) in [6.07, 6.45) is 4.65. The maximum Gasteiger partial charge on any atom is 0.0795 e. The van der Waals surface area contributed by atoms with Crippen LogP contribution in [0.5, 0.6) is 0 Å². The summed E-state index contributed by atoms with van der Waals surface area (Å²) in [5.74, 6) is 0.368. The molecule has 4 aromatic carbocycles. The van der Waals surface area contributed by atoms with Crippen LogP contribution in [0.1, 0.15) is 47.1 Å². The predicted octanol–water partition coefficient (Wildman–Crippen LogP) is 7.83. The van der Waals surface area contributed by atoms with Crippen LogP contribution >= 0.6 is 0 Å². The van der Waals surface area contributed by atoms with Crippen LogP contribution in [0.4, 0.5) is 0 Å². The lowest BCUT2D eigenvalue weighted by molar-refractivity contribution is 0.900. The van der Waals surface area contributed by atoms with Gasteiger partial charge in [0.2, 0.25) is 0 Å². The fourth-order valence-corrected chi connectivity index (χ4v) is 7.23. The minimum absolute atomic E-state index is 0.368. The van der Waals surface area contributed by atoms with E-state index in [1.165, 1.54) is 38.9 Å². The van der Waals surface area contributed by atoms with Gasteiger partial charge in [-0.3, -0.25) is 0 Å². The minimum atomic E-state index is -0.608. The molecule has 0 amide bonds. The lowest BCUT2D eigenvalue weighted by Crippen LogP contribution is -2.30. The monoisotopic (exact) mass is 441 g/mol. The second-order valence-electron chi connectivity index (χ2n) is 9.57. The number of rotatable bonds is 4. The van der Waals surface area contributed by atoms with Gasteiger partial charge >= 0.3 is 0 Å².